The molecule has 0 radical (unpaired) electrons. The summed E-state index contributed by atoms with van der Waals surface area (Å²) in [6, 6.07) is 3.07. The van der Waals surface area contributed by atoms with Crippen LogP contribution in [-0.2, 0) is 4.74 Å². The Kier molecular flexibility index (Phi) is 4.97. The van der Waals surface area contributed by atoms with Gasteiger partial charge < -0.3 is 19.6 Å². The molecule has 1 aliphatic rings. The summed E-state index contributed by atoms with van der Waals surface area (Å²) < 4.78 is 5.36. The molecule has 0 unspecified atom stereocenters. The van der Waals surface area contributed by atoms with E-state index in [1.165, 1.54) is 6.07 Å². The number of ether oxygens (including phenoxy) is 1. The van der Waals surface area contributed by atoms with Crippen molar-refractivity contribution >= 4 is 35.0 Å². The van der Waals surface area contributed by atoms with Crippen LogP contribution in [0.5, 0.6) is 5.75 Å². The van der Waals surface area contributed by atoms with E-state index in [-0.39, 0.29) is 11.8 Å². The molecule has 1 aliphatic heterocycles. The zero-order valence-corrected chi connectivity index (χ0v) is 14.4. The molecule has 1 fully saturated rings. The van der Waals surface area contributed by atoms with Gasteiger partial charge in [-0.1, -0.05) is 23.2 Å². The van der Waals surface area contributed by atoms with E-state index in [0.29, 0.717) is 41.9 Å². The molecule has 1 saturated heterocycles. The lowest BCUT2D eigenvalue weighted by Crippen LogP contribution is -2.50. The molecule has 22 heavy (non-hydrogen) atoms. The third-order valence-corrected chi connectivity index (χ3v) is 4.01. The van der Waals surface area contributed by atoms with Crippen LogP contribution in [0.2, 0.25) is 10.0 Å². The quantitative estimate of drug-likeness (QED) is 0.841. The number of carbonyl (C=O) groups excluding carboxylic acids is 1. The van der Waals surface area contributed by atoms with E-state index in [9.17, 15) is 9.90 Å². The number of aromatic hydroxyl groups is 1. The van der Waals surface area contributed by atoms with Crippen LogP contribution < -0.4 is 4.90 Å². The molecule has 0 spiro atoms. The molecule has 1 heterocycles. The fourth-order valence-electron chi connectivity index (χ4n) is 2.24. The van der Waals surface area contributed by atoms with Crippen molar-refractivity contribution in [2.24, 2.45) is 0 Å². The number of hydrogen-bond acceptors (Lipinski definition) is 4. The molecule has 1 aromatic rings. The third kappa shape index (κ3) is 4.11. The molecule has 0 aromatic heterocycles. The summed E-state index contributed by atoms with van der Waals surface area (Å²) in [6.45, 7) is 7.75. The van der Waals surface area contributed by atoms with Gasteiger partial charge in [0.05, 0.1) is 15.7 Å². The van der Waals surface area contributed by atoms with Gasteiger partial charge in [0, 0.05) is 32.2 Å². The molecule has 0 bridgehead atoms. The number of piperazine rings is 1. The highest BCUT2D eigenvalue weighted by Crippen LogP contribution is 2.36. The maximum absolute atomic E-state index is 12.0. The van der Waals surface area contributed by atoms with Crippen molar-refractivity contribution in [1.82, 2.24) is 4.90 Å². The zero-order valence-electron chi connectivity index (χ0n) is 12.9. The topological polar surface area (TPSA) is 53.0 Å². The van der Waals surface area contributed by atoms with Crippen molar-refractivity contribution < 1.29 is 14.6 Å². The Morgan fingerprint density at radius 1 is 1.14 bits per heavy atom. The maximum Gasteiger partial charge on any atom is 0.410 e. The number of phenolic OH excluding ortho intramolecular Hbond substituents is 1. The zero-order chi connectivity index (χ0) is 16.5. The highest BCUT2D eigenvalue weighted by molar-refractivity contribution is 6.42. The molecule has 0 aliphatic carbocycles. The number of benzene rings is 1. The molecule has 1 amide bonds. The lowest BCUT2D eigenvalue weighted by molar-refractivity contribution is 0.0240. The van der Waals surface area contributed by atoms with E-state index in [1.807, 2.05) is 25.7 Å². The average molecular weight is 347 g/mol. The molecule has 122 valence electrons. The van der Waals surface area contributed by atoms with Crippen LogP contribution >= 0.6 is 23.2 Å². The Morgan fingerprint density at radius 3 is 2.23 bits per heavy atom. The number of halogens is 2. The Morgan fingerprint density at radius 2 is 1.68 bits per heavy atom. The van der Waals surface area contributed by atoms with Gasteiger partial charge in [-0.05, 0) is 26.8 Å². The smallest absolute Gasteiger partial charge is 0.410 e. The monoisotopic (exact) mass is 346 g/mol. The highest BCUT2D eigenvalue weighted by atomic mass is 35.5. The Bertz CT molecular complexity index is 565. The van der Waals surface area contributed by atoms with E-state index < -0.39 is 5.60 Å². The van der Waals surface area contributed by atoms with Gasteiger partial charge in [0.15, 0.2) is 0 Å². The van der Waals surface area contributed by atoms with Crippen LogP contribution in [0.3, 0.4) is 0 Å². The molecular weight excluding hydrogens is 327 g/mol. The van der Waals surface area contributed by atoms with Crippen LogP contribution in [-0.4, -0.2) is 47.9 Å². The van der Waals surface area contributed by atoms with Crippen molar-refractivity contribution in [1.29, 1.82) is 0 Å². The van der Waals surface area contributed by atoms with Crippen LogP contribution in [0.4, 0.5) is 10.5 Å². The van der Waals surface area contributed by atoms with Gasteiger partial charge in [-0.2, -0.15) is 0 Å². The standard InChI is InChI=1S/C15H20Cl2N2O3/c1-15(2,3)22-14(21)19-6-4-18(5-7-19)12-8-10(16)11(17)9-13(12)20/h8-9,20H,4-7H2,1-3H3. The van der Waals surface area contributed by atoms with Gasteiger partial charge in [0.1, 0.15) is 11.4 Å². The number of rotatable bonds is 1. The van der Waals surface area contributed by atoms with Crippen molar-refractivity contribution in [2.75, 3.05) is 31.1 Å². The Labute approximate surface area is 140 Å². The van der Waals surface area contributed by atoms with Crippen LogP contribution in [0.15, 0.2) is 12.1 Å². The molecular formula is C15H20Cl2N2O3. The fraction of sp³-hybridized carbons (Fsp3) is 0.533. The van der Waals surface area contributed by atoms with Gasteiger partial charge in [0.25, 0.3) is 0 Å². The maximum atomic E-state index is 12.0. The number of nitrogens with zero attached hydrogens (tertiary/aromatic N) is 2. The minimum atomic E-state index is -0.504. The number of amides is 1. The molecule has 0 atom stereocenters. The first-order valence-electron chi connectivity index (χ1n) is 7.08. The predicted molar refractivity (Wildman–Crippen MR) is 88.1 cm³/mol. The second-order valence-electron chi connectivity index (χ2n) is 6.21. The van der Waals surface area contributed by atoms with Gasteiger partial charge in [-0.3, -0.25) is 0 Å². The number of anilines is 1. The van der Waals surface area contributed by atoms with E-state index in [4.69, 9.17) is 27.9 Å². The number of carbonyl (C=O) groups is 1. The van der Waals surface area contributed by atoms with E-state index >= 15 is 0 Å². The first-order valence-corrected chi connectivity index (χ1v) is 7.84. The molecule has 7 heteroatoms. The molecule has 5 nitrogen and oxygen atoms in total. The summed E-state index contributed by atoms with van der Waals surface area (Å²) in [5, 5.41) is 10.7. The van der Waals surface area contributed by atoms with E-state index in [2.05, 4.69) is 0 Å². The van der Waals surface area contributed by atoms with E-state index in [0.717, 1.165) is 0 Å². The summed E-state index contributed by atoms with van der Waals surface area (Å²) in [6.07, 6.45) is -0.314. The molecule has 0 saturated carbocycles. The highest BCUT2D eigenvalue weighted by Gasteiger charge is 2.27. The number of hydrogen-bond donors (Lipinski definition) is 1. The van der Waals surface area contributed by atoms with Crippen molar-refractivity contribution in [3.05, 3.63) is 22.2 Å². The minimum absolute atomic E-state index is 0.0834. The lowest BCUT2D eigenvalue weighted by atomic mass is 10.2. The predicted octanol–water partition coefficient (Wildman–Crippen LogP) is 3.76. The average Bonchev–Trinajstić information content (AvgIpc) is 2.41. The third-order valence-electron chi connectivity index (χ3n) is 3.29. The first kappa shape index (κ1) is 17.0. The summed E-state index contributed by atoms with van der Waals surface area (Å²) in [7, 11) is 0. The van der Waals surface area contributed by atoms with Crippen molar-refractivity contribution in [3.8, 4) is 5.75 Å². The summed E-state index contributed by atoms with van der Waals surface area (Å²) in [5.74, 6) is 0.0834. The van der Waals surface area contributed by atoms with E-state index in [1.54, 1.807) is 11.0 Å². The summed E-state index contributed by atoms with van der Waals surface area (Å²) >= 11 is 11.9. The lowest BCUT2D eigenvalue weighted by Gasteiger charge is -2.37. The molecule has 1 aromatic carbocycles. The normalized spacial score (nSPS) is 15.9. The largest absolute Gasteiger partial charge is 0.506 e. The Balaban J connectivity index is 2.01. The van der Waals surface area contributed by atoms with Gasteiger partial charge in [-0.25, -0.2) is 4.79 Å². The van der Waals surface area contributed by atoms with Gasteiger partial charge in [-0.15, -0.1) is 0 Å². The second kappa shape index (κ2) is 6.42. The minimum Gasteiger partial charge on any atom is -0.506 e. The van der Waals surface area contributed by atoms with Crippen LogP contribution in [0.25, 0.3) is 0 Å². The second-order valence-corrected chi connectivity index (χ2v) is 7.02. The van der Waals surface area contributed by atoms with Gasteiger partial charge in [0.2, 0.25) is 0 Å². The van der Waals surface area contributed by atoms with Crippen molar-refractivity contribution in [2.45, 2.75) is 26.4 Å². The summed E-state index contributed by atoms with van der Waals surface area (Å²) in [5.41, 5.74) is 0.120. The SMILES string of the molecule is CC(C)(C)OC(=O)N1CCN(c2cc(Cl)c(Cl)cc2O)CC1. The fourth-order valence-corrected chi connectivity index (χ4v) is 2.55. The van der Waals surface area contributed by atoms with Crippen LogP contribution in [0.1, 0.15) is 20.8 Å². The number of phenols is 1. The van der Waals surface area contributed by atoms with Crippen molar-refractivity contribution in [3.63, 3.8) is 0 Å². The first-order chi connectivity index (χ1) is 10.2. The van der Waals surface area contributed by atoms with Gasteiger partial charge >= 0.3 is 6.09 Å². The summed E-state index contributed by atoms with van der Waals surface area (Å²) in [4.78, 5) is 15.7. The Hall–Kier alpha value is -1.33. The molecule has 2 rings (SSSR count). The van der Waals surface area contributed by atoms with Crippen LogP contribution in [0, 0.1) is 0 Å². The molecule has 1 N–H and O–H groups in total.